The molecule has 3 amide bonds. The molecule has 0 radical (unpaired) electrons. The predicted octanol–water partition coefficient (Wildman–Crippen LogP) is 2.25. The summed E-state index contributed by atoms with van der Waals surface area (Å²) in [6.45, 7) is 5.84. The lowest BCUT2D eigenvalue weighted by Gasteiger charge is -2.35. The first-order valence-corrected chi connectivity index (χ1v) is 11.4. The fourth-order valence-electron chi connectivity index (χ4n) is 4.27. The number of carbonyl (C=O) groups excluding carboxylic acids is 3. The fraction of sp³-hybridized carbons (Fsp3) is 0.400. The molecule has 0 aromatic heterocycles. The van der Waals surface area contributed by atoms with Crippen molar-refractivity contribution in [2.75, 3.05) is 49.6 Å². The molecule has 2 aromatic rings. The lowest BCUT2D eigenvalue weighted by Crippen LogP contribution is -2.45. The van der Waals surface area contributed by atoms with Gasteiger partial charge in [0.25, 0.3) is 0 Å². The lowest BCUT2D eigenvalue weighted by molar-refractivity contribution is -0.136. The topological polar surface area (TPSA) is 91.0 Å². The van der Waals surface area contributed by atoms with E-state index in [1.165, 1.54) is 5.56 Å². The molecule has 2 aliphatic rings. The van der Waals surface area contributed by atoms with E-state index in [4.69, 9.17) is 4.74 Å². The summed E-state index contributed by atoms with van der Waals surface area (Å²) in [6.07, 6.45) is 1.35. The molecular weight excluding hydrogens is 420 g/mol. The van der Waals surface area contributed by atoms with E-state index in [-0.39, 0.29) is 11.9 Å². The monoisotopic (exact) mass is 450 g/mol. The third kappa shape index (κ3) is 5.77. The number of hydrogen-bond donors (Lipinski definition) is 2. The Morgan fingerprint density at radius 2 is 1.79 bits per heavy atom. The van der Waals surface area contributed by atoms with Crippen LogP contribution in [0.1, 0.15) is 30.0 Å². The van der Waals surface area contributed by atoms with Gasteiger partial charge >= 0.3 is 11.8 Å². The first-order chi connectivity index (χ1) is 16.0. The van der Waals surface area contributed by atoms with Crippen LogP contribution in [0.25, 0.3) is 0 Å². The highest BCUT2D eigenvalue weighted by Gasteiger charge is 2.25. The smallest absolute Gasteiger partial charge is 0.313 e. The van der Waals surface area contributed by atoms with Gasteiger partial charge in [0.15, 0.2) is 0 Å². The normalized spacial score (nSPS) is 17.6. The van der Waals surface area contributed by atoms with Crippen LogP contribution in [0.15, 0.2) is 48.5 Å². The fourth-order valence-corrected chi connectivity index (χ4v) is 4.27. The standard InChI is InChI=1S/C25H30N4O4/c1-18-7-9-19(10-8-18)22(28-12-14-33-15-13-28)17-26-24(31)25(32)27-20-4-2-5-21(16-20)29-11-3-6-23(29)30/h2,4-5,7-10,16,22H,3,6,11-15,17H2,1H3,(H,26,31)(H,27,32). The lowest BCUT2D eigenvalue weighted by atomic mass is 10.0. The third-order valence-electron chi connectivity index (χ3n) is 6.10. The zero-order valence-electron chi connectivity index (χ0n) is 18.9. The van der Waals surface area contributed by atoms with Crippen LogP contribution in [-0.4, -0.2) is 62.0 Å². The highest BCUT2D eigenvalue weighted by molar-refractivity contribution is 6.39. The van der Waals surface area contributed by atoms with Gasteiger partial charge in [-0.05, 0) is 37.1 Å². The van der Waals surface area contributed by atoms with E-state index in [9.17, 15) is 14.4 Å². The number of morpholine rings is 1. The van der Waals surface area contributed by atoms with E-state index in [0.29, 0.717) is 38.4 Å². The largest absolute Gasteiger partial charge is 0.379 e. The summed E-state index contributed by atoms with van der Waals surface area (Å²) >= 11 is 0. The summed E-state index contributed by atoms with van der Waals surface area (Å²) < 4.78 is 5.47. The molecule has 4 rings (SSSR count). The van der Waals surface area contributed by atoms with Gasteiger partial charge in [-0.25, -0.2) is 0 Å². The average Bonchev–Trinajstić information content (AvgIpc) is 3.27. The van der Waals surface area contributed by atoms with Gasteiger partial charge in [-0.2, -0.15) is 0 Å². The molecule has 2 aliphatic heterocycles. The van der Waals surface area contributed by atoms with Gasteiger partial charge in [-0.3, -0.25) is 19.3 Å². The Hall–Kier alpha value is -3.23. The molecule has 8 nitrogen and oxygen atoms in total. The second kappa shape index (κ2) is 10.6. The maximum absolute atomic E-state index is 12.6. The zero-order chi connectivity index (χ0) is 23.2. The van der Waals surface area contributed by atoms with Crippen molar-refractivity contribution >= 4 is 29.1 Å². The molecule has 0 saturated carbocycles. The molecule has 2 aromatic carbocycles. The highest BCUT2D eigenvalue weighted by atomic mass is 16.5. The summed E-state index contributed by atoms with van der Waals surface area (Å²) in [5, 5.41) is 5.44. The number of hydrogen-bond acceptors (Lipinski definition) is 5. The van der Waals surface area contributed by atoms with Crippen molar-refractivity contribution < 1.29 is 19.1 Å². The van der Waals surface area contributed by atoms with E-state index >= 15 is 0 Å². The summed E-state index contributed by atoms with van der Waals surface area (Å²) in [7, 11) is 0. The van der Waals surface area contributed by atoms with Crippen molar-refractivity contribution in [3.8, 4) is 0 Å². The second-order valence-electron chi connectivity index (χ2n) is 8.44. The van der Waals surface area contributed by atoms with Gasteiger partial charge < -0.3 is 20.3 Å². The Bertz CT molecular complexity index is 1000. The van der Waals surface area contributed by atoms with Crippen LogP contribution in [0.2, 0.25) is 0 Å². The number of benzene rings is 2. The molecule has 2 heterocycles. The van der Waals surface area contributed by atoms with E-state index in [0.717, 1.165) is 30.8 Å². The van der Waals surface area contributed by atoms with Crippen molar-refractivity contribution in [3.63, 3.8) is 0 Å². The van der Waals surface area contributed by atoms with Crippen LogP contribution in [0.5, 0.6) is 0 Å². The number of ether oxygens (including phenoxy) is 1. The molecule has 2 N–H and O–H groups in total. The quantitative estimate of drug-likeness (QED) is 0.659. The van der Waals surface area contributed by atoms with E-state index in [1.807, 2.05) is 13.0 Å². The highest BCUT2D eigenvalue weighted by Crippen LogP contribution is 2.24. The first kappa shape index (κ1) is 22.9. The molecule has 33 heavy (non-hydrogen) atoms. The Kier molecular flexibility index (Phi) is 7.36. The Morgan fingerprint density at radius 1 is 1.03 bits per heavy atom. The maximum Gasteiger partial charge on any atom is 0.313 e. The first-order valence-electron chi connectivity index (χ1n) is 11.4. The predicted molar refractivity (Wildman–Crippen MR) is 126 cm³/mol. The minimum atomic E-state index is -0.732. The van der Waals surface area contributed by atoms with Gasteiger partial charge in [-0.1, -0.05) is 35.9 Å². The number of amides is 3. The molecule has 1 atom stereocenters. The summed E-state index contributed by atoms with van der Waals surface area (Å²) in [5.41, 5.74) is 3.46. The number of aryl methyl sites for hydroxylation is 1. The van der Waals surface area contributed by atoms with Gasteiger partial charge in [-0.15, -0.1) is 0 Å². The Morgan fingerprint density at radius 3 is 2.48 bits per heavy atom. The Labute approximate surface area is 193 Å². The molecule has 0 bridgehead atoms. The summed E-state index contributed by atoms with van der Waals surface area (Å²) in [4.78, 5) is 41.1. The SMILES string of the molecule is Cc1ccc(C(CNC(=O)C(=O)Nc2cccc(N3CCCC3=O)c2)N2CCOCC2)cc1. The molecule has 0 spiro atoms. The molecular formula is C25H30N4O4. The number of anilines is 2. The number of rotatable bonds is 6. The molecule has 2 saturated heterocycles. The number of nitrogens with zero attached hydrogens (tertiary/aromatic N) is 2. The molecule has 1 unspecified atom stereocenters. The van der Waals surface area contributed by atoms with Crippen LogP contribution < -0.4 is 15.5 Å². The van der Waals surface area contributed by atoms with Crippen LogP contribution in [0.3, 0.4) is 0 Å². The van der Waals surface area contributed by atoms with Gasteiger partial charge in [0, 0.05) is 44.0 Å². The summed E-state index contributed by atoms with van der Waals surface area (Å²) in [5.74, 6) is -1.35. The number of nitrogens with one attached hydrogen (secondary N) is 2. The number of carbonyl (C=O) groups is 3. The molecule has 0 aliphatic carbocycles. The van der Waals surface area contributed by atoms with Gasteiger partial charge in [0.2, 0.25) is 5.91 Å². The minimum Gasteiger partial charge on any atom is -0.379 e. The van der Waals surface area contributed by atoms with Crippen molar-refractivity contribution in [3.05, 3.63) is 59.7 Å². The van der Waals surface area contributed by atoms with Crippen LogP contribution in [0, 0.1) is 6.92 Å². The average molecular weight is 451 g/mol. The maximum atomic E-state index is 12.6. The van der Waals surface area contributed by atoms with E-state index < -0.39 is 11.8 Å². The third-order valence-corrected chi connectivity index (χ3v) is 6.10. The molecule has 2 fully saturated rings. The van der Waals surface area contributed by atoms with Crippen LogP contribution in [0.4, 0.5) is 11.4 Å². The second-order valence-corrected chi connectivity index (χ2v) is 8.44. The molecule has 8 heteroatoms. The van der Waals surface area contributed by atoms with Crippen molar-refractivity contribution in [2.45, 2.75) is 25.8 Å². The van der Waals surface area contributed by atoms with Gasteiger partial charge in [0.1, 0.15) is 0 Å². The van der Waals surface area contributed by atoms with Crippen molar-refractivity contribution in [1.29, 1.82) is 0 Å². The van der Waals surface area contributed by atoms with E-state index in [1.54, 1.807) is 23.1 Å². The molecule has 174 valence electrons. The van der Waals surface area contributed by atoms with Crippen LogP contribution >= 0.6 is 0 Å². The summed E-state index contributed by atoms with van der Waals surface area (Å²) in [6, 6.07) is 15.2. The van der Waals surface area contributed by atoms with Gasteiger partial charge in [0.05, 0.1) is 19.3 Å². The van der Waals surface area contributed by atoms with Crippen molar-refractivity contribution in [2.24, 2.45) is 0 Å². The zero-order valence-corrected chi connectivity index (χ0v) is 18.9. The van der Waals surface area contributed by atoms with Crippen LogP contribution in [-0.2, 0) is 19.1 Å². The van der Waals surface area contributed by atoms with Crippen molar-refractivity contribution in [1.82, 2.24) is 10.2 Å². The Balaban J connectivity index is 1.38. The van der Waals surface area contributed by atoms with E-state index in [2.05, 4.69) is 39.8 Å². The minimum absolute atomic E-state index is 0.0456.